The zero-order valence-corrected chi connectivity index (χ0v) is 33.4. The molecule has 0 aromatic carbocycles. The first kappa shape index (κ1) is 44.8. The molecule has 0 N–H and O–H groups in total. The van der Waals surface area contributed by atoms with Crippen molar-refractivity contribution in [2.45, 2.75) is 175 Å². The van der Waals surface area contributed by atoms with Crippen LogP contribution in [0.5, 0.6) is 0 Å². The highest BCUT2D eigenvalue weighted by atomic mass is 15.4. The van der Waals surface area contributed by atoms with Gasteiger partial charge in [-0.05, 0) is 38.5 Å². The fourth-order valence-electron chi connectivity index (χ4n) is 6.93. The summed E-state index contributed by atoms with van der Waals surface area (Å²) in [5.41, 5.74) is 0. The summed E-state index contributed by atoms with van der Waals surface area (Å²) >= 11 is 0. The third kappa shape index (κ3) is 30.9. The third-order valence-electron chi connectivity index (χ3n) is 10.5. The van der Waals surface area contributed by atoms with Gasteiger partial charge in [0.05, 0.1) is 88.1 Å². The maximum atomic E-state index is 2.85. The second-order valence-corrected chi connectivity index (χ2v) is 17.1. The second kappa shape index (κ2) is 28.8. The number of hydrogen-bond acceptors (Lipinski definition) is 1. The predicted octanol–water partition coefficient (Wildman–Crippen LogP) is 10.9. The fraction of sp³-hybridized carbons (Fsp3) is 1.00. The lowest BCUT2D eigenvalue weighted by atomic mass is 10.1. The smallest absolute Gasteiger partial charge is 0.135 e. The molecular weight excluding hydrogens is 548 g/mol. The average Bonchev–Trinajstić information content (AvgIpc) is 2.98. The molecule has 0 saturated carbocycles. The molecule has 0 aliphatic carbocycles. The summed E-state index contributed by atoms with van der Waals surface area (Å²) in [6, 6.07) is 0. The summed E-state index contributed by atoms with van der Waals surface area (Å²) in [4.78, 5) is 2.85. The zero-order chi connectivity index (χ0) is 33.7. The molecule has 0 aliphatic heterocycles. The van der Waals surface area contributed by atoms with Gasteiger partial charge in [0.2, 0.25) is 0 Å². The van der Waals surface area contributed by atoms with Gasteiger partial charge in [-0.2, -0.15) is 0 Å². The van der Waals surface area contributed by atoms with Crippen LogP contribution in [-0.2, 0) is 0 Å². The molecule has 0 amide bonds. The van der Waals surface area contributed by atoms with Crippen LogP contribution in [0.3, 0.4) is 0 Å². The number of rotatable bonds is 35. The molecule has 0 unspecified atom stereocenters. The van der Waals surface area contributed by atoms with Gasteiger partial charge in [-0.3, -0.25) is 0 Å². The Morgan fingerprint density at radius 1 is 0.289 bits per heavy atom. The van der Waals surface area contributed by atoms with Crippen molar-refractivity contribution < 1.29 is 13.4 Å². The number of nitrogens with zero attached hydrogens (tertiary/aromatic N) is 4. The molecule has 0 spiro atoms. The van der Waals surface area contributed by atoms with Crippen molar-refractivity contribution >= 4 is 0 Å². The molecule has 0 rings (SSSR count). The zero-order valence-electron chi connectivity index (χ0n) is 33.4. The van der Waals surface area contributed by atoms with Gasteiger partial charge in [0, 0.05) is 0 Å². The summed E-state index contributed by atoms with van der Waals surface area (Å²) in [7, 11) is 14.9. The lowest BCUT2D eigenvalue weighted by Gasteiger charge is -2.39. The quantitative estimate of drug-likeness (QED) is 0.0379. The molecule has 4 nitrogen and oxygen atoms in total. The molecule has 0 aromatic rings. The van der Waals surface area contributed by atoms with Crippen molar-refractivity contribution in [1.82, 2.24) is 4.90 Å². The van der Waals surface area contributed by atoms with E-state index in [-0.39, 0.29) is 0 Å². The Balaban J connectivity index is 4.78. The normalized spacial score (nSPS) is 12.9. The molecule has 0 aliphatic rings. The van der Waals surface area contributed by atoms with Crippen LogP contribution in [0.15, 0.2) is 0 Å². The van der Waals surface area contributed by atoms with Crippen molar-refractivity contribution in [1.29, 1.82) is 0 Å². The van der Waals surface area contributed by atoms with Gasteiger partial charge in [0.25, 0.3) is 0 Å². The van der Waals surface area contributed by atoms with Crippen molar-refractivity contribution in [3.8, 4) is 0 Å². The molecule has 0 aromatic heterocycles. The lowest BCUT2D eigenvalue weighted by molar-refractivity contribution is -0.909. The summed E-state index contributed by atoms with van der Waals surface area (Å²) in [6.45, 7) is 17.2. The predicted molar refractivity (Wildman–Crippen MR) is 205 cm³/mol. The van der Waals surface area contributed by atoms with Crippen LogP contribution in [0.4, 0.5) is 0 Å². The molecule has 4 heteroatoms. The maximum absolute atomic E-state index is 2.85. The highest BCUT2D eigenvalue weighted by molar-refractivity contribution is 4.56. The van der Waals surface area contributed by atoms with Gasteiger partial charge in [-0.15, -0.1) is 0 Å². The Morgan fingerprint density at radius 3 is 0.822 bits per heavy atom. The Labute approximate surface area is 287 Å². The largest absolute Gasteiger partial charge is 0.327 e. The molecule has 0 fully saturated rings. The molecule has 272 valence electrons. The molecule has 45 heavy (non-hydrogen) atoms. The number of unbranched alkanes of at least 4 members (excludes halogenated alkanes) is 21. The topological polar surface area (TPSA) is 3.24 Å². The van der Waals surface area contributed by atoms with E-state index in [4.69, 9.17) is 0 Å². The van der Waals surface area contributed by atoms with Crippen LogP contribution in [0.2, 0.25) is 0 Å². The van der Waals surface area contributed by atoms with Crippen LogP contribution in [0.1, 0.15) is 175 Å². The average molecular weight is 640 g/mol. The van der Waals surface area contributed by atoms with Gasteiger partial charge < -0.3 is 13.4 Å². The summed E-state index contributed by atoms with van der Waals surface area (Å²) in [5, 5.41) is 0. The fourth-order valence-corrected chi connectivity index (χ4v) is 6.93. The Kier molecular flexibility index (Phi) is 28.7. The maximum Gasteiger partial charge on any atom is 0.135 e. The van der Waals surface area contributed by atoms with E-state index in [0.717, 1.165) is 4.48 Å². The first-order valence-electron chi connectivity index (χ1n) is 20.7. The lowest BCUT2D eigenvalue weighted by Crippen LogP contribution is -2.55. The second-order valence-electron chi connectivity index (χ2n) is 17.1. The molecule has 0 saturated heterocycles. The van der Waals surface area contributed by atoms with Crippen LogP contribution in [0, 0.1) is 0 Å². The Morgan fingerprint density at radius 2 is 0.533 bits per heavy atom. The van der Waals surface area contributed by atoms with E-state index < -0.39 is 0 Å². The Hall–Kier alpha value is -0.160. The first-order chi connectivity index (χ1) is 21.5. The van der Waals surface area contributed by atoms with E-state index in [2.05, 4.69) is 68.0 Å². The van der Waals surface area contributed by atoms with Gasteiger partial charge in [0.1, 0.15) is 6.67 Å². The van der Waals surface area contributed by atoms with Crippen molar-refractivity contribution in [3.05, 3.63) is 0 Å². The van der Waals surface area contributed by atoms with E-state index >= 15 is 0 Å². The summed E-state index contributed by atoms with van der Waals surface area (Å²) in [5.74, 6) is 0. The highest BCUT2D eigenvalue weighted by Crippen LogP contribution is 2.14. The number of quaternary nitrogens is 3. The van der Waals surface area contributed by atoms with E-state index in [0.29, 0.717) is 0 Å². The van der Waals surface area contributed by atoms with Crippen LogP contribution >= 0.6 is 0 Å². The van der Waals surface area contributed by atoms with E-state index in [1.807, 2.05) is 0 Å². The Bertz CT molecular complexity index is 579. The summed E-state index contributed by atoms with van der Waals surface area (Å²) < 4.78 is 3.50. The van der Waals surface area contributed by atoms with Gasteiger partial charge in [-0.25, -0.2) is 4.90 Å². The minimum Gasteiger partial charge on any atom is -0.327 e. The van der Waals surface area contributed by atoms with Crippen LogP contribution in [0.25, 0.3) is 0 Å². The van der Waals surface area contributed by atoms with Gasteiger partial charge in [0.15, 0.2) is 0 Å². The van der Waals surface area contributed by atoms with Crippen molar-refractivity contribution in [3.63, 3.8) is 0 Å². The molecular formula is C41H91N4+3. The van der Waals surface area contributed by atoms with Crippen LogP contribution in [-0.4, -0.2) is 113 Å². The van der Waals surface area contributed by atoms with Crippen molar-refractivity contribution in [2.75, 3.05) is 94.8 Å². The van der Waals surface area contributed by atoms with Gasteiger partial charge in [-0.1, -0.05) is 136 Å². The standard InChI is InChI=1S/C41H91N4/c1-10-13-16-19-22-25-28-31-36-43(4,5)39-34-42(41-45(8,9)38-33-30-27-24-21-18-15-12-3)35-40-44(6,7)37-32-29-26-23-20-17-14-11-2/h10-41H2,1-9H3/q+3. The minimum atomic E-state index is 1.15. The number of hydrogen-bond donors (Lipinski definition) is 0. The molecule has 0 radical (unpaired) electrons. The SMILES string of the molecule is CCCCCCCCCC[N+](C)(C)CCN(CC[N+](C)(C)CCCCCCCCCC)C[N+](C)(C)CCCCCCCCCC. The number of likely N-dealkylation sites (N-methyl/N-ethyl adjacent to an activating group) is 2. The van der Waals surface area contributed by atoms with E-state index in [9.17, 15) is 0 Å². The molecule has 0 atom stereocenters. The molecule has 0 heterocycles. The van der Waals surface area contributed by atoms with E-state index in [1.54, 1.807) is 0 Å². The third-order valence-corrected chi connectivity index (χ3v) is 10.5. The monoisotopic (exact) mass is 640 g/mol. The minimum absolute atomic E-state index is 1.15. The van der Waals surface area contributed by atoms with Gasteiger partial charge >= 0.3 is 0 Å². The van der Waals surface area contributed by atoms with Crippen molar-refractivity contribution in [2.24, 2.45) is 0 Å². The first-order valence-corrected chi connectivity index (χ1v) is 20.7. The summed E-state index contributed by atoms with van der Waals surface area (Å²) in [6.07, 6.45) is 34.0. The molecule has 0 bridgehead atoms. The van der Waals surface area contributed by atoms with Crippen LogP contribution < -0.4 is 0 Å². The van der Waals surface area contributed by atoms with E-state index in [1.165, 1.54) is 216 Å². The highest BCUT2D eigenvalue weighted by Gasteiger charge is 2.25.